The second kappa shape index (κ2) is 5.24. The minimum absolute atomic E-state index is 0.313. The molecule has 2 N–H and O–H groups in total. The van der Waals surface area contributed by atoms with E-state index in [1.807, 2.05) is 0 Å². The third kappa shape index (κ3) is 4.00. The molecule has 0 aliphatic rings. The van der Waals surface area contributed by atoms with E-state index < -0.39 is 22.6 Å². The molecule has 0 saturated heterocycles. The maximum absolute atomic E-state index is 10.7. The molecule has 0 aliphatic carbocycles. The second-order valence-corrected chi connectivity index (χ2v) is 4.93. The number of carboxylic acid groups (broad SMARTS) is 2. The summed E-state index contributed by atoms with van der Waals surface area (Å²) in [6, 6.07) is 0. The molecule has 1 atom stereocenters. The normalized spacial score (nSPS) is 13.6. The van der Waals surface area contributed by atoms with Crippen molar-refractivity contribution < 1.29 is 19.8 Å². The first-order chi connectivity index (χ1) is 6.31. The Bertz CT molecular complexity index is 225. The lowest BCUT2D eigenvalue weighted by molar-refractivity contribution is -0.145. The number of carbonyl (C=O) groups is 2. The van der Waals surface area contributed by atoms with Gasteiger partial charge in [0.2, 0.25) is 0 Å². The molecule has 0 amide bonds. The summed E-state index contributed by atoms with van der Waals surface area (Å²) in [5.74, 6) is -1.46. The number of thioether (sulfide) groups is 1. The largest absolute Gasteiger partial charge is 0.481 e. The minimum Gasteiger partial charge on any atom is -0.481 e. The molecule has 14 heavy (non-hydrogen) atoms. The van der Waals surface area contributed by atoms with E-state index in [0.29, 0.717) is 12.2 Å². The van der Waals surface area contributed by atoms with Crippen LogP contribution in [0.3, 0.4) is 0 Å². The van der Waals surface area contributed by atoms with Crippen molar-refractivity contribution in [3.63, 3.8) is 0 Å². The molecular weight excluding hydrogens is 204 g/mol. The summed E-state index contributed by atoms with van der Waals surface area (Å²) in [4.78, 5) is 21.4. The summed E-state index contributed by atoms with van der Waals surface area (Å²) in [6.07, 6.45) is 0.510. The van der Waals surface area contributed by atoms with Crippen LogP contribution >= 0.6 is 11.8 Å². The zero-order chi connectivity index (χ0) is 11.4. The number of carboxylic acids is 2. The lowest BCUT2D eigenvalue weighted by Crippen LogP contribution is -2.28. The van der Waals surface area contributed by atoms with Crippen molar-refractivity contribution in [1.29, 1.82) is 0 Å². The van der Waals surface area contributed by atoms with Gasteiger partial charge in [0.15, 0.2) is 0 Å². The molecule has 0 aromatic heterocycles. The van der Waals surface area contributed by atoms with E-state index in [-0.39, 0.29) is 0 Å². The van der Waals surface area contributed by atoms with Crippen LogP contribution in [0.25, 0.3) is 0 Å². The van der Waals surface area contributed by atoms with Crippen LogP contribution in [0, 0.1) is 5.41 Å². The van der Waals surface area contributed by atoms with Crippen LogP contribution in [-0.4, -0.2) is 33.2 Å². The standard InChI is InChI=1S/C9H16O4S/c1-4-6(7(10)11)14-5-9(2,3)8(12)13/h6H,4-5H2,1-3H3,(H,10,11)(H,12,13). The molecule has 1 unspecified atom stereocenters. The average Bonchev–Trinajstić information content (AvgIpc) is 2.04. The minimum atomic E-state index is -0.898. The third-order valence-electron chi connectivity index (χ3n) is 1.87. The summed E-state index contributed by atoms with van der Waals surface area (Å²) in [7, 11) is 0. The van der Waals surface area contributed by atoms with Crippen LogP contribution in [0.5, 0.6) is 0 Å². The number of hydrogen-bond acceptors (Lipinski definition) is 3. The quantitative estimate of drug-likeness (QED) is 0.712. The van der Waals surface area contributed by atoms with E-state index in [9.17, 15) is 9.59 Å². The van der Waals surface area contributed by atoms with E-state index in [2.05, 4.69) is 0 Å². The van der Waals surface area contributed by atoms with Crippen molar-refractivity contribution in [2.24, 2.45) is 5.41 Å². The molecule has 0 aliphatic heterocycles. The highest BCUT2D eigenvalue weighted by molar-refractivity contribution is 8.00. The van der Waals surface area contributed by atoms with Crippen LogP contribution < -0.4 is 0 Å². The second-order valence-electron chi connectivity index (χ2n) is 3.74. The lowest BCUT2D eigenvalue weighted by Gasteiger charge is -2.20. The van der Waals surface area contributed by atoms with Gasteiger partial charge in [0, 0.05) is 5.75 Å². The zero-order valence-electron chi connectivity index (χ0n) is 8.61. The fraction of sp³-hybridized carbons (Fsp3) is 0.778. The molecule has 0 spiro atoms. The first-order valence-electron chi connectivity index (χ1n) is 4.39. The van der Waals surface area contributed by atoms with E-state index in [1.165, 1.54) is 11.8 Å². The molecular formula is C9H16O4S. The SMILES string of the molecule is CCC(SCC(C)(C)C(=O)O)C(=O)O. The van der Waals surface area contributed by atoms with Gasteiger partial charge in [0.25, 0.3) is 0 Å². The smallest absolute Gasteiger partial charge is 0.316 e. The van der Waals surface area contributed by atoms with E-state index in [0.717, 1.165) is 0 Å². The van der Waals surface area contributed by atoms with Crippen LogP contribution in [0.2, 0.25) is 0 Å². The fourth-order valence-corrected chi connectivity index (χ4v) is 1.85. The van der Waals surface area contributed by atoms with Crippen LogP contribution in [-0.2, 0) is 9.59 Å². The molecule has 0 radical (unpaired) electrons. The van der Waals surface area contributed by atoms with Crippen LogP contribution in [0.1, 0.15) is 27.2 Å². The first kappa shape index (κ1) is 13.3. The summed E-state index contributed by atoms with van der Waals surface area (Å²) < 4.78 is 0. The van der Waals surface area contributed by atoms with Crippen molar-refractivity contribution >= 4 is 23.7 Å². The predicted octanol–water partition coefficient (Wildman–Crippen LogP) is 1.69. The van der Waals surface area contributed by atoms with Crippen molar-refractivity contribution in [2.75, 3.05) is 5.75 Å². The molecule has 0 saturated carbocycles. The van der Waals surface area contributed by atoms with Gasteiger partial charge in [-0.05, 0) is 20.3 Å². The molecule has 0 aromatic carbocycles. The van der Waals surface area contributed by atoms with Gasteiger partial charge in [-0.15, -0.1) is 11.8 Å². The first-order valence-corrected chi connectivity index (χ1v) is 5.44. The fourth-order valence-electron chi connectivity index (χ4n) is 0.734. The van der Waals surface area contributed by atoms with Crippen LogP contribution in [0.15, 0.2) is 0 Å². The Kier molecular flexibility index (Phi) is 4.97. The molecule has 0 bridgehead atoms. The highest BCUT2D eigenvalue weighted by Crippen LogP contribution is 2.26. The Morgan fingerprint density at radius 2 is 1.86 bits per heavy atom. The van der Waals surface area contributed by atoms with Crippen LogP contribution in [0.4, 0.5) is 0 Å². The number of hydrogen-bond donors (Lipinski definition) is 2. The van der Waals surface area contributed by atoms with E-state index in [1.54, 1.807) is 20.8 Å². The molecule has 5 heteroatoms. The number of rotatable bonds is 6. The van der Waals surface area contributed by atoms with Gasteiger partial charge >= 0.3 is 11.9 Å². The van der Waals surface area contributed by atoms with Crippen molar-refractivity contribution in [3.05, 3.63) is 0 Å². The Labute approximate surface area is 87.7 Å². The van der Waals surface area contributed by atoms with Gasteiger partial charge in [-0.3, -0.25) is 9.59 Å². The Balaban J connectivity index is 4.16. The monoisotopic (exact) mass is 220 g/mol. The van der Waals surface area contributed by atoms with Gasteiger partial charge in [-0.1, -0.05) is 6.92 Å². The molecule has 82 valence electrons. The molecule has 0 heterocycles. The highest BCUT2D eigenvalue weighted by atomic mass is 32.2. The van der Waals surface area contributed by atoms with E-state index in [4.69, 9.17) is 10.2 Å². The molecule has 0 fully saturated rings. The topological polar surface area (TPSA) is 74.6 Å². The summed E-state index contributed by atoms with van der Waals surface area (Å²) in [5, 5.41) is 17.0. The van der Waals surface area contributed by atoms with Crippen molar-refractivity contribution in [2.45, 2.75) is 32.4 Å². The maximum Gasteiger partial charge on any atom is 0.316 e. The average molecular weight is 220 g/mol. The molecule has 0 aromatic rings. The Morgan fingerprint density at radius 1 is 1.36 bits per heavy atom. The Morgan fingerprint density at radius 3 is 2.14 bits per heavy atom. The van der Waals surface area contributed by atoms with Gasteiger partial charge in [0.05, 0.1) is 5.41 Å². The zero-order valence-corrected chi connectivity index (χ0v) is 9.43. The highest BCUT2D eigenvalue weighted by Gasteiger charge is 2.29. The number of aliphatic carboxylic acids is 2. The van der Waals surface area contributed by atoms with Crippen molar-refractivity contribution in [1.82, 2.24) is 0 Å². The Hall–Kier alpha value is -0.710. The summed E-state index contributed by atoms with van der Waals surface area (Å²) in [6.45, 7) is 4.97. The molecule has 4 nitrogen and oxygen atoms in total. The summed E-state index contributed by atoms with van der Waals surface area (Å²) in [5.41, 5.74) is -0.868. The predicted molar refractivity (Wildman–Crippen MR) is 55.6 cm³/mol. The van der Waals surface area contributed by atoms with Crippen molar-refractivity contribution in [3.8, 4) is 0 Å². The van der Waals surface area contributed by atoms with E-state index >= 15 is 0 Å². The molecule has 0 rings (SSSR count). The van der Waals surface area contributed by atoms with Gasteiger partial charge in [-0.2, -0.15) is 0 Å². The third-order valence-corrected chi connectivity index (χ3v) is 3.70. The summed E-state index contributed by atoms with van der Waals surface area (Å²) >= 11 is 1.18. The van der Waals surface area contributed by atoms with Gasteiger partial charge < -0.3 is 10.2 Å². The van der Waals surface area contributed by atoms with Gasteiger partial charge in [0.1, 0.15) is 5.25 Å². The maximum atomic E-state index is 10.7. The van der Waals surface area contributed by atoms with Gasteiger partial charge in [-0.25, -0.2) is 0 Å². The lowest BCUT2D eigenvalue weighted by atomic mass is 9.97.